The quantitative estimate of drug-likeness (QED) is 0.890. The Balaban J connectivity index is 0.00000200. The third kappa shape index (κ3) is 3.82. The fourth-order valence-electron chi connectivity index (χ4n) is 1.76. The summed E-state index contributed by atoms with van der Waals surface area (Å²) in [6.07, 6.45) is 1.27. The number of carbonyl (C=O) groups excluding carboxylic acids is 1. The second-order valence-electron chi connectivity index (χ2n) is 4.15. The molecule has 0 bridgehead atoms. The smallest absolute Gasteiger partial charge is 0.277 e. The maximum Gasteiger partial charge on any atom is 0.277 e. The first-order chi connectivity index (χ1) is 9.22. The van der Waals surface area contributed by atoms with E-state index in [1.165, 1.54) is 6.39 Å². The minimum Gasteiger partial charge on any atom is -0.448 e. The zero-order valence-electron chi connectivity index (χ0n) is 11.5. The van der Waals surface area contributed by atoms with Crippen LogP contribution in [-0.2, 0) is 6.54 Å². The number of anilines is 1. The number of oxazole rings is 1. The highest BCUT2D eigenvalue weighted by molar-refractivity contribution is 6.03. The summed E-state index contributed by atoms with van der Waals surface area (Å²) in [5, 5.41) is 6.10. The lowest BCUT2D eigenvalue weighted by molar-refractivity contribution is 0.102. The van der Waals surface area contributed by atoms with Crippen molar-refractivity contribution in [1.82, 2.24) is 10.3 Å². The molecule has 0 aliphatic carbocycles. The molecule has 1 heterocycles. The molecule has 0 unspecified atom stereocenters. The van der Waals surface area contributed by atoms with Crippen molar-refractivity contribution in [1.29, 1.82) is 0 Å². The van der Waals surface area contributed by atoms with E-state index in [2.05, 4.69) is 15.6 Å². The second-order valence-corrected chi connectivity index (χ2v) is 4.15. The van der Waals surface area contributed by atoms with Crippen LogP contribution in [-0.4, -0.2) is 17.4 Å². The summed E-state index contributed by atoms with van der Waals surface area (Å²) < 4.78 is 5.03. The van der Waals surface area contributed by atoms with Crippen LogP contribution in [0.15, 0.2) is 35.1 Å². The molecule has 0 aliphatic heterocycles. The molecule has 20 heavy (non-hydrogen) atoms. The molecular formula is C14H18ClN3O2. The Hall–Kier alpha value is -1.85. The Labute approximate surface area is 124 Å². The van der Waals surface area contributed by atoms with Crippen molar-refractivity contribution in [3.05, 3.63) is 47.7 Å². The molecule has 0 saturated heterocycles. The largest absolute Gasteiger partial charge is 0.448 e. The molecule has 6 heteroatoms. The number of aromatic nitrogens is 1. The molecule has 0 atom stereocenters. The van der Waals surface area contributed by atoms with Gasteiger partial charge in [-0.25, -0.2) is 4.98 Å². The predicted molar refractivity (Wildman–Crippen MR) is 80.3 cm³/mol. The fourth-order valence-corrected chi connectivity index (χ4v) is 1.76. The zero-order chi connectivity index (χ0) is 13.7. The third-order valence-corrected chi connectivity index (χ3v) is 2.79. The van der Waals surface area contributed by atoms with Gasteiger partial charge in [-0.05, 0) is 25.1 Å². The summed E-state index contributed by atoms with van der Waals surface area (Å²) in [4.78, 5) is 16.0. The van der Waals surface area contributed by atoms with Crippen molar-refractivity contribution < 1.29 is 9.21 Å². The van der Waals surface area contributed by atoms with E-state index in [1.54, 1.807) is 6.92 Å². The highest BCUT2D eigenvalue weighted by Gasteiger charge is 2.14. The molecule has 0 aliphatic rings. The molecule has 0 spiro atoms. The summed E-state index contributed by atoms with van der Waals surface area (Å²) in [7, 11) is 0. The van der Waals surface area contributed by atoms with Crippen LogP contribution < -0.4 is 10.6 Å². The SMILES string of the molecule is CCNCc1ccccc1NC(=O)c1ncoc1C.Cl. The molecule has 0 fully saturated rings. The maximum atomic E-state index is 12.1. The van der Waals surface area contributed by atoms with E-state index in [-0.39, 0.29) is 18.3 Å². The van der Waals surface area contributed by atoms with E-state index in [1.807, 2.05) is 31.2 Å². The third-order valence-electron chi connectivity index (χ3n) is 2.79. The molecule has 1 amide bonds. The Morgan fingerprint density at radius 3 is 2.75 bits per heavy atom. The normalized spacial score (nSPS) is 9.90. The summed E-state index contributed by atoms with van der Waals surface area (Å²) in [6, 6.07) is 7.69. The number of rotatable bonds is 5. The van der Waals surface area contributed by atoms with Gasteiger partial charge in [-0.15, -0.1) is 12.4 Å². The van der Waals surface area contributed by atoms with Gasteiger partial charge in [0.1, 0.15) is 5.76 Å². The van der Waals surface area contributed by atoms with Gasteiger partial charge in [0.2, 0.25) is 0 Å². The monoisotopic (exact) mass is 295 g/mol. The zero-order valence-corrected chi connectivity index (χ0v) is 12.3. The minimum atomic E-state index is -0.254. The van der Waals surface area contributed by atoms with E-state index in [0.717, 1.165) is 17.8 Å². The van der Waals surface area contributed by atoms with Gasteiger partial charge in [-0.3, -0.25) is 4.79 Å². The minimum absolute atomic E-state index is 0. The summed E-state index contributed by atoms with van der Waals surface area (Å²) in [6.45, 7) is 5.35. The Morgan fingerprint density at radius 2 is 2.10 bits per heavy atom. The summed E-state index contributed by atoms with van der Waals surface area (Å²) in [5.74, 6) is 0.261. The molecule has 108 valence electrons. The van der Waals surface area contributed by atoms with Crippen LogP contribution >= 0.6 is 12.4 Å². The first-order valence-corrected chi connectivity index (χ1v) is 6.22. The van der Waals surface area contributed by atoms with Crippen molar-refractivity contribution >= 4 is 24.0 Å². The van der Waals surface area contributed by atoms with Crippen molar-refractivity contribution in [3.8, 4) is 0 Å². The number of hydrogen-bond donors (Lipinski definition) is 2. The first-order valence-electron chi connectivity index (χ1n) is 6.22. The van der Waals surface area contributed by atoms with Crippen molar-refractivity contribution in [2.24, 2.45) is 0 Å². The summed E-state index contributed by atoms with van der Waals surface area (Å²) in [5.41, 5.74) is 2.15. The number of nitrogens with zero attached hydrogens (tertiary/aromatic N) is 1. The number of nitrogens with one attached hydrogen (secondary N) is 2. The summed E-state index contributed by atoms with van der Waals surface area (Å²) >= 11 is 0. The van der Waals surface area contributed by atoms with Crippen LogP contribution in [0.5, 0.6) is 0 Å². The number of halogens is 1. The maximum absolute atomic E-state index is 12.1. The van der Waals surface area contributed by atoms with Crippen molar-refractivity contribution in [2.45, 2.75) is 20.4 Å². The van der Waals surface area contributed by atoms with Crippen LogP contribution in [0.2, 0.25) is 0 Å². The molecule has 0 saturated carbocycles. The van der Waals surface area contributed by atoms with Gasteiger partial charge < -0.3 is 15.1 Å². The molecule has 1 aromatic heterocycles. The van der Waals surface area contributed by atoms with Crippen LogP contribution in [0.4, 0.5) is 5.69 Å². The van der Waals surface area contributed by atoms with E-state index >= 15 is 0 Å². The lowest BCUT2D eigenvalue weighted by Gasteiger charge is -2.10. The number of amides is 1. The Bertz CT molecular complexity index is 569. The fraction of sp³-hybridized carbons (Fsp3) is 0.286. The van der Waals surface area contributed by atoms with Gasteiger partial charge in [0, 0.05) is 12.2 Å². The Morgan fingerprint density at radius 1 is 1.35 bits per heavy atom. The first kappa shape index (κ1) is 16.2. The van der Waals surface area contributed by atoms with E-state index in [0.29, 0.717) is 18.0 Å². The molecule has 0 radical (unpaired) electrons. The number of aryl methyl sites for hydroxylation is 1. The standard InChI is InChI=1S/C14H17N3O2.ClH/c1-3-15-8-11-6-4-5-7-12(11)17-14(18)13-10(2)19-9-16-13;/h4-7,9,15H,3,8H2,1-2H3,(H,17,18);1H. The lowest BCUT2D eigenvalue weighted by atomic mass is 10.1. The van der Waals surface area contributed by atoms with Crippen LogP contribution in [0.1, 0.15) is 28.7 Å². The topological polar surface area (TPSA) is 67.2 Å². The average molecular weight is 296 g/mol. The highest BCUT2D eigenvalue weighted by atomic mass is 35.5. The van der Waals surface area contributed by atoms with Crippen LogP contribution in [0, 0.1) is 6.92 Å². The molecule has 1 aromatic carbocycles. The molecule has 5 nitrogen and oxygen atoms in total. The molecule has 2 N–H and O–H groups in total. The van der Waals surface area contributed by atoms with Gasteiger partial charge in [0.15, 0.2) is 12.1 Å². The van der Waals surface area contributed by atoms with Crippen LogP contribution in [0.25, 0.3) is 0 Å². The number of benzene rings is 1. The van der Waals surface area contributed by atoms with Gasteiger partial charge >= 0.3 is 0 Å². The van der Waals surface area contributed by atoms with Gasteiger partial charge in [-0.1, -0.05) is 25.1 Å². The highest BCUT2D eigenvalue weighted by Crippen LogP contribution is 2.16. The predicted octanol–water partition coefficient (Wildman–Crippen LogP) is 2.77. The molecular weight excluding hydrogens is 278 g/mol. The average Bonchev–Trinajstić information content (AvgIpc) is 2.84. The number of para-hydroxylation sites is 1. The van der Waals surface area contributed by atoms with Crippen molar-refractivity contribution in [3.63, 3.8) is 0 Å². The number of carbonyl (C=O) groups is 1. The molecule has 2 aromatic rings. The molecule has 2 rings (SSSR count). The van der Waals surface area contributed by atoms with Gasteiger partial charge in [-0.2, -0.15) is 0 Å². The van der Waals surface area contributed by atoms with Crippen molar-refractivity contribution in [2.75, 3.05) is 11.9 Å². The second kappa shape index (κ2) is 7.67. The number of hydrogen-bond acceptors (Lipinski definition) is 4. The Kier molecular flexibility index (Phi) is 6.21. The van der Waals surface area contributed by atoms with Gasteiger partial charge in [0.25, 0.3) is 5.91 Å². The van der Waals surface area contributed by atoms with E-state index in [9.17, 15) is 4.79 Å². The van der Waals surface area contributed by atoms with Gasteiger partial charge in [0.05, 0.1) is 0 Å². The van der Waals surface area contributed by atoms with E-state index in [4.69, 9.17) is 4.42 Å². The lowest BCUT2D eigenvalue weighted by Crippen LogP contribution is -2.17. The van der Waals surface area contributed by atoms with Crippen LogP contribution in [0.3, 0.4) is 0 Å². The van der Waals surface area contributed by atoms with E-state index < -0.39 is 0 Å².